The van der Waals surface area contributed by atoms with Crippen molar-refractivity contribution in [3.8, 4) is 6.07 Å². The van der Waals surface area contributed by atoms with E-state index in [1.165, 1.54) is 23.1 Å². The molecular formula is C15H12N4OS2. The van der Waals surface area contributed by atoms with E-state index in [0.717, 1.165) is 15.4 Å². The highest BCUT2D eigenvalue weighted by Gasteiger charge is 2.14. The van der Waals surface area contributed by atoms with Crippen LogP contribution in [0.4, 0.5) is 0 Å². The number of hydrogen-bond donors (Lipinski definition) is 1. The molecule has 0 aliphatic heterocycles. The van der Waals surface area contributed by atoms with E-state index in [1.54, 1.807) is 6.20 Å². The van der Waals surface area contributed by atoms with Crippen LogP contribution in [0, 0.1) is 11.3 Å². The van der Waals surface area contributed by atoms with E-state index in [9.17, 15) is 10.4 Å². The lowest BCUT2D eigenvalue weighted by atomic mass is 10.2. The second kappa shape index (κ2) is 6.22. The summed E-state index contributed by atoms with van der Waals surface area (Å²) in [4.78, 5) is 8.59. The first-order chi connectivity index (χ1) is 10.7. The largest absolute Gasteiger partial charge is 0.510 e. The number of hydrogen-bond acceptors (Lipinski definition) is 6. The van der Waals surface area contributed by atoms with E-state index in [0.29, 0.717) is 5.01 Å². The predicted molar refractivity (Wildman–Crippen MR) is 88.7 cm³/mol. The van der Waals surface area contributed by atoms with E-state index in [1.807, 2.05) is 42.1 Å². The van der Waals surface area contributed by atoms with Gasteiger partial charge in [0.25, 0.3) is 0 Å². The van der Waals surface area contributed by atoms with E-state index < -0.39 is 0 Å². The molecule has 0 bridgehead atoms. The van der Waals surface area contributed by atoms with Crippen molar-refractivity contribution in [1.29, 1.82) is 5.26 Å². The van der Waals surface area contributed by atoms with Gasteiger partial charge >= 0.3 is 0 Å². The van der Waals surface area contributed by atoms with Gasteiger partial charge in [-0.2, -0.15) is 5.26 Å². The van der Waals surface area contributed by atoms with Crippen LogP contribution in [0.1, 0.15) is 5.01 Å². The highest BCUT2D eigenvalue weighted by molar-refractivity contribution is 7.99. The average molecular weight is 328 g/mol. The smallest absolute Gasteiger partial charge is 0.168 e. The first kappa shape index (κ1) is 14.6. The summed E-state index contributed by atoms with van der Waals surface area (Å²) in [6.07, 6.45) is 3.53. The maximum atomic E-state index is 10.2. The summed E-state index contributed by atoms with van der Waals surface area (Å²) in [5.74, 6) is 0.304. The number of aryl methyl sites for hydroxylation is 1. The van der Waals surface area contributed by atoms with Gasteiger partial charge < -0.3 is 9.67 Å². The lowest BCUT2D eigenvalue weighted by molar-refractivity contribution is 0.420. The highest BCUT2D eigenvalue weighted by Crippen LogP contribution is 2.29. The van der Waals surface area contributed by atoms with Gasteiger partial charge in [0, 0.05) is 19.4 Å². The zero-order valence-electron chi connectivity index (χ0n) is 11.7. The Balaban J connectivity index is 1.88. The number of thiazole rings is 1. The summed E-state index contributed by atoms with van der Waals surface area (Å²) < 4.78 is 2.86. The van der Waals surface area contributed by atoms with Crippen LogP contribution in [0.2, 0.25) is 0 Å². The number of rotatable bonds is 4. The molecule has 5 nitrogen and oxygen atoms in total. The molecular weight excluding hydrogens is 316 g/mol. The third-order valence-electron chi connectivity index (χ3n) is 3.02. The summed E-state index contributed by atoms with van der Waals surface area (Å²) >= 11 is 2.78. The molecule has 3 rings (SSSR count). The van der Waals surface area contributed by atoms with Crippen molar-refractivity contribution in [1.82, 2.24) is 14.5 Å². The molecule has 0 atom stereocenters. The fraction of sp³-hybridized carbons (Fsp3) is 0.133. The van der Waals surface area contributed by atoms with Crippen LogP contribution in [0.25, 0.3) is 15.8 Å². The maximum Gasteiger partial charge on any atom is 0.168 e. The van der Waals surface area contributed by atoms with Gasteiger partial charge in [-0.1, -0.05) is 23.9 Å². The van der Waals surface area contributed by atoms with Crippen molar-refractivity contribution >= 4 is 38.9 Å². The van der Waals surface area contributed by atoms with Crippen LogP contribution in [0.15, 0.2) is 47.6 Å². The van der Waals surface area contributed by atoms with Gasteiger partial charge in [0.15, 0.2) is 5.16 Å². The van der Waals surface area contributed by atoms with Crippen molar-refractivity contribution in [2.24, 2.45) is 7.05 Å². The van der Waals surface area contributed by atoms with E-state index in [2.05, 4.69) is 16.0 Å². The number of nitriles is 1. The van der Waals surface area contributed by atoms with Crippen molar-refractivity contribution in [2.45, 2.75) is 5.16 Å². The van der Waals surface area contributed by atoms with E-state index >= 15 is 0 Å². The predicted octanol–water partition coefficient (Wildman–Crippen LogP) is 3.61. The molecule has 3 aromatic rings. The Morgan fingerprint density at radius 1 is 1.45 bits per heavy atom. The number of aromatic nitrogens is 3. The van der Waals surface area contributed by atoms with Crippen LogP contribution < -0.4 is 0 Å². The highest BCUT2D eigenvalue weighted by atomic mass is 32.2. The number of nitrogens with zero attached hydrogens (tertiary/aromatic N) is 4. The van der Waals surface area contributed by atoms with Crippen molar-refractivity contribution < 1.29 is 5.11 Å². The molecule has 22 heavy (non-hydrogen) atoms. The first-order valence-corrected chi connectivity index (χ1v) is 8.27. The molecule has 2 aromatic heterocycles. The molecule has 0 aliphatic carbocycles. The first-order valence-electron chi connectivity index (χ1n) is 6.47. The van der Waals surface area contributed by atoms with Crippen LogP contribution in [0.3, 0.4) is 0 Å². The monoisotopic (exact) mass is 328 g/mol. The van der Waals surface area contributed by atoms with Crippen LogP contribution in [0.5, 0.6) is 0 Å². The van der Waals surface area contributed by atoms with Gasteiger partial charge in [-0.3, -0.25) is 0 Å². The fourth-order valence-corrected chi connectivity index (χ4v) is 3.70. The summed E-state index contributed by atoms with van der Waals surface area (Å²) in [6, 6.07) is 9.73. The minimum atomic E-state index is 0.0227. The molecule has 0 radical (unpaired) electrons. The van der Waals surface area contributed by atoms with Gasteiger partial charge in [0.05, 0.1) is 16.0 Å². The molecule has 2 heterocycles. The second-order valence-corrected chi connectivity index (χ2v) is 6.50. The Labute approximate surface area is 135 Å². The lowest BCUT2D eigenvalue weighted by Crippen LogP contribution is -1.95. The lowest BCUT2D eigenvalue weighted by Gasteiger charge is -2.02. The number of imidazole rings is 1. The minimum absolute atomic E-state index is 0.0227. The van der Waals surface area contributed by atoms with Gasteiger partial charge in [-0.05, 0) is 12.1 Å². The summed E-state index contributed by atoms with van der Waals surface area (Å²) in [5, 5.41) is 20.9. The van der Waals surface area contributed by atoms with Crippen LogP contribution in [-0.4, -0.2) is 25.4 Å². The zero-order valence-corrected chi connectivity index (χ0v) is 13.4. The number of aliphatic hydroxyl groups is 1. The number of para-hydroxylation sites is 1. The quantitative estimate of drug-likeness (QED) is 0.450. The third-order valence-corrected chi connectivity index (χ3v) is 5.15. The second-order valence-electron chi connectivity index (χ2n) is 4.53. The number of thioether (sulfide) groups is 1. The SMILES string of the molecule is Cn1ccnc1SC/C(O)=C(\C#N)c1nc2ccccc2s1. The summed E-state index contributed by atoms with van der Waals surface area (Å²) in [7, 11) is 1.88. The van der Waals surface area contributed by atoms with Gasteiger partial charge in [0.1, 0.15) is 22.4 Å². The molecule has 0 aliphatic rings. The Morgan fingerprint density at radius 3 is 2.95 bits per heavy atom. The zero-order chi connectivity index (χ0) is 15.5. The molecule has 0 amide bonds. The number of aliphatic hydroxyl groups excluding tert-OH is 1. The number of fused-ring (bicyclic) bond motifs is 1. The van der Waals surface area contributed by atoms with E-state index in [-0.39, 0.29) is 17.1 Å². The summed E-state index contributed by atoms with van der Waals surface area (Å²) in [6.45, 7) is 0. The van der Waals surface area contributed by atoms with Crippen LogP contribution >= 0.6 is 23.1 Å². The van der Waals surface area contributed by atoms with Gasteiger partial charge in [-0.25, -0.2) is 9.97 Å². The van der Waals surface area contributed by atoms with Gasteiger partial charge in [0.2, 0.25) is 0 Å². The van der Waals surface area contributed by atoms with Crippen LogP contribution in [-0.2, 0) is 7.05 Å². The minimum Gasteiger partial charge on any atom is -0.510 e. The van der Waals surface area contributed by atoms with Crippen molar-refractivity contribution in [3.05, 3.63) is 47.4 Å². The molecule has 0 fully saturated rings. The molecule has 0 unspecified atom stereocenters. The Bertz CT molecular complexity index is 855. The normalized spacial score (nSPS) is 12.2. The molecule has 0 spiro atoms. The standard InChI is InChI=1S/C15H12N4OS2/c1-19-7-6-17-15(19)21-9-12(20)10(8-16)14-18-11-4-2-3-5-13(11)22-14/h2-7,20H,9H2,1H3/b12-10-. The molecule has 0 saturated heterocycles. The molecule has 1 aromatic carbocycles. The topological polar surface area (TPSA) is 74.7 Å². The number of allylic oxidation sites excluding steroid dienone is 1. The molecule has 110 valence electrons. The Morgan fingerprint density at radius 2 is 2.27 bits per heavy atom. The molecule has 1 N–H and O–H groups in total. The molecule has 7 heteroatoms. The summed E-state index contributed by atoms with van der Waals surface area (Å²) in [5.41, 5.74) is 1.06. The average Bonchev–Trinajstić information content (AvgIpc) is 3.11. The molecule has 0 saturated carbocycles. The van der Waals surface area contributed by atoms with Crippen molar-refractivity contribution in [2.75, 3.05) is 5.75 Å². The Kier molecular flexibility index (Phi) is 4.13. The third kappa shape index (κ3) is 2.84. The number of benzene rings is 1. The van der Waals surface area contributed by atoms with Gasteiger partial charge in [-0.15, -0.1) is 11.3 Å². The van der Waals surface area contributed by atoms with Crippen molar-refractivity contribution in [3.63, 3.8) is 0 Å². The maximum absolute atomic E-state index is 10.2. The fourth-order valence-electron chi connectivity index (χ4n) is 1.91. The van der Waals surface area contributed by atoms with E-state index in [4.69, 9.17) is 0 Å². The Hall–Kier alpha value is -2.30.